The molecule has 0 amide bonds. The summed E-state index contributed by atoms with van der Waals surface area (Å²) in [5, 5.41) is 0. The Morgan fingerprint density at radius 1 is 1.06 bits per heavy atom. The Morgan fingerprint density at radius 2 is 1.81 bits per heavy atom. The van der Waals surface area contributed by atoms with Crippen LogP contribution < -0.4 is 0 Å². The van der Waals surface area contributed by atoms with Gasteiger partial charge in [-0.2, -0.15) is 0 Å². The first-order valence-corrected chi connectivity index (χ1v) is 5.38. The summed E-state index contributed by atoms with van der Waals surface area (Å²) in [6.07, 6.45) is 4.17. The standard InChI is InChI=1S/C14H18O2/c1-3-13-6-8-14(9-7-13)12-16-11-5-10-15-4-2/h3-4,6-9H,1-2,5,10-12H2. The van der Waals surface area contributed by atoms with E-state index >= 15 is 0 Å². The molecule has 0 spiro atoms. The highest BCUT2D eigenvalue weighted by Crippen LogP contribution is 2.06. The third-order valence-electron chi connectivity index (χ3n) is 2.15. The third-order valence-corrected chi connectivity index (χ3v) is 2.15. The summed E-state index contributed by atoms with van der Waals surface area (Å²) in [5.41, 5.74) is 2.30. The molecule has 0 aliphatic heterocycles. The zero-order valence-electron chi connectivity index (χ0n) is 9.52. The maximum absolute atomic E-state index is 5.50. The second-order valence-electron chi connectivity index (χ2n) is 3.39. The number of ether oxygens (including phenoxy) is 2. The minimum absolute atomic E-state index is 0.644. The summed E-state index contributed by atoms with van der Waals surface area (Å²) in [7, 11) is 0. The Balaban J connectivity index is 2.16. The summed E-state index contributed by atoms with van der Waals surface area (Å²) >= 11 is 0. The van der Waals surface area contributed by atoms with E-state index in [1.807, 2.05) is 18.2 Å². The molecule has 0 N–H and O–H groups in total. The molecule has 0 bridgehead atoms. The van der Waals surface area contributed by atoms with Gasteiger partial charge in [-0.3, -0.25) is 0 Å². The predicted octanol–water partition coefficient (Wildman–Crippen LogP) is 3.40. The Labute approximate surface area is 97.2 Å². The normalized spacial score (nSPS) is 9.75. The van der Waals surface area contributed by atoms with E-state index in [0.717, 1.165) is 12.0 Å². The third kappa shape index (κ3) is 4.80. The van der Waals surface area contributed by atoms with Crippen molar-refractivity contribution in [2.75, 3.05) is 13.2 Å². The molecule has 1 aromatic carbocycles. The molecule has 0 heterocycles. The summed E-state index contributed by atoms with van der Waals surface area (Å²) < 4.78 is 10.5. The van der Waals surface area contributed by atoms with Crippen molar-refractivity contribution in [3.8, 4) is 0 Å². The van der Waals surface area contributed by atoms with E-state index in [1.54, 1.807) is 0 Å². The lowest BCUT2D eigenvalue weighted by Crippen LogP contribution is -1.98. The molecule has 16 heavy (non-hydrogen) atoms. The van der Waals surface area contributed by atoms with Crippen LogP contribution in [0.4, 0.5) is 0 Å². The van der Waals surface area contributed by atoms with Gasteiger partial charge in [0, 0.05) is 6.42 Å². The van der Waals surface area contributed by atoms with Gasteiger partial charge in [0.15, 0.2) is 0 Å². The van der Waals surface area contributed by atoms with Crippen LogP contribution in [0.25, 0.3) is 6.08 Å². The zero-order valence-corrected chi connectivity index (χ0v) is 9.52. The van der Waals surface area contributed by atoms with Crippen molar-refractivity contribution in [1.82, 2.24) is 0 Å². The van der Waals surface area contributed by atoms with Gasteiger partial charge in [0.1, 0.15) is 0 Å². The van der Waals surface area contributed by atoms with Gasteiger partial charge < -0.3 is 9.47 Å². The first kappa shape index (κ1) is 12.5. The van der Waals surface area contributed by atoms with E-state index in [4.69, 9.17) is 9.47 Å². The quantitative estimate of drug-likeness (QED) is 0.492. The maximum Gasteiger partial charge on any atom is 0.0895 e. The van der Waals surface area contributed by atoms with Gasteiger partial charge in [-0.25, -0.2) is 0 Å². The summed E-state index contributed by atoms with van der Waals surface area (Å²) in [5.74, 6) is 0. The highest BCUT2D eigenvalue weighted by molar-refractivity contribution is 5.47. The molecule has 0 saturated carbocycles. The lowest BCUT2D eigenvalue weighted by atomic mass is 10.1. The van der Waals surface area contributed by atoms with Gasteiger partial charge in [-0.15, -0.1) is 0 Å². The second kappa shape index (κ2) is 7.71. The molecule has 2 nitrogen and oxygen atoms in total. The minimum Gasteiger partial charge on any atom is -0.502 e. The molecule has 0 aromatic heterocycles. The van der Waals surface area contributed by atoms with Gasteiger partial charge in [0.05, 0.1) is 26.1 Å². The fourth-order valence-corrected chi connectivity index (χ4v) is 1.27. The average molecular weight is 218 g/mol. The largest absolute Gasteiger partial charge is 0.502 e. The van der Waals surface area contributed by atoms with Crippen molar-refractivity contribution in [1.29, 1.82) is 0 Å². The topological polar surface area (TPSA) is 18.5 Å². The molecular weight excluding hydrogens is 200 g/mol. The molecule has 86 valence electrons. The summed E-state index contributed by atoms with van der Waals surface area (Å²) in [6, 6.07) is 8.17. The van der Waals surface area contributed by atoms with E-state index < -0.39 is 0 Å². The molecule has 1 aromatic rings. The zero-order chi connectivity index (χ0) is 11.6. The van der Waals surface area contributed by atoms with Crippen molar-refractivity contribution >= 4 is 6.08 Å². The van der Waals surface area contributed by atoms with Gasteiger partial charge in [-0.05, 0) is 11.1 Å². The van der Waals surface area contributed by atoms with Crippen LogP contribution in [0, 0.1) is 0 Å². The Hall–Kier alpha value is -1.54. The molecule has 0 fully saturated rings. The molecule has 0 atom stereocenters. The van der Waals surface area contributed by atoms with Gasteiger partial charge in [0.2, 0.25) is 0 Å². The van der Waals surface area contributed by atoms with Crippen LogP contribution in [-0.2, 0) is 16.1 Å². The molecule has 0 aliphatic carbocycles. The van der Waals surface area contributed by atoms with Crippen LogP contribution in [0.5, 0.6) is 0 Å². The Bertz CT molecular complexity index is 314. The van der Waals surface area contributed by atoms with Crippen molar-refractivity contribution in [3.05, 3.63) is 54.8 Å². The number of rotatable bonds is 8. The van der Waals surface area contributed by atoms with Crippen LogP contribution in [0.15, 0.2) is 43.7 Å². The fourth-order valence-electron chi connectivity index (χ4n) is 1.27. The van der Waals surface area contributed by atoms with Crippen molar-refractivity contribution in [3.63, 3.8) is 0 Å². The number of hydrogen-bond acceptors (Lipinski definition) is 2. The fraction of sp³-hybridized carbons (Fsp3) is 0.286. The van der Waals surface area contributed by atoms with E-state index in [1.165, 1.54) is 11.8 Å². The smallest absolute Gasteiger partial charge is 0.0895 e. The van der Waals surface area contributed by atoms with Crippen LogP contribution in [0.1, 0.15) is 17.5 Å². The van der Waals surface area contributed by atoms with E-state index in [9.17, 15) is 0 Å². The molecule has 0 unspecified atom stereocenters. The maximum atomic E-state index is 5.50. The second-order valence-corrected chi connectivity index (χ2v) is 3.39. The number of benzene rings is 1. The Morgan fingerprint density at radius 3 is 2.44 bits per heavy atom. The summed E-state index contributed by atoms with van der Waals surface area (Å²) in [4.78, 5) is 0. The van der Waals surface area contributed by atoms with Crippen LogP contribution >= 0.6 is 0 Å². The predicted molar refractivity (Wildman–Crippen MR) is 67.0 cm³/mol. The van der Waals surface area contributed by atoms with E-state index in [-0.39, 0.29) is 0 Å². The average Bonchev–Trinajstić information content (AvgIpc) is 2.34. The Kier molecular flexibility index (Phi) is 6.04. The van der Waals surface area contributed by atoms with Crippen molar-refractivity contribution in [2.45, 2.75) is 13.0 Å². The van der Waals surface area contributed by atoms with Gasteiger partial charge >= 0.3 is 0 Å². The molecule has 0 saturated heterocycles. The van der Waals surface area contributed by atoms with Crippen LogP contribution in [0.3, 0.4) is 0 Å². The molecule has 0 aliphatic rings. The van der Waals surface area contributed by atoms with E-state index in [2.05, 4.69) is 25.3 Å². The first-order valence-electron chi connectivity index (χ1n) is 5.38. The van der Waals surface area contributed by atoms with Crippen molar-refractivity contribution < 1.29 is 9.47 Å². The van der Waals surface area contributed by atoms with Gasteiger partial charge in [-0.1, -0.05) is 43.5 Å². The lowest BCUT2D eigenvalue weighted by molar-refractivity contribution is 0.101. The molecule has 2 heteroatoms. The monoisotopic (exact) mass is 218 g/mol. The van der Waals surface area contributed by atoms with Crippen LogP contribution in [-0.4, -0.2) is 13.2 Å². The molecular formula is C14H18O2. The van der Waals surface area contributed by atoms with E-state index in [0.29, 0.717) is 19.8 Å². The van der Waals surface area contributed by atoms with Gasteiger partial charge in [0.25, 0.3) is 0 Å². The SMILES string of the molecule is C=COCCCOCc1ccc(C=C)cc1. The van der Waals surface area contributed by atoms with Crippen molar-refractivity contribution in [2.24, 2.45) is 0 Å². The highest BCUT2D eigenvalue weighted by Gasteiger charge is 1.93. The first-order chi connectivity index (χ1) is 7.86. The molecule has 1 rings (SSSR count). The lowest BCUT2D eigenvalue weighted by Gasteiger charge is -2.04. The summed E-state index contributed by atoms with van der Waals surface area (Å²) in [6.45, 7) is 9.20. The van der Waals surface area contributed by atoms with Crippen LogP contribution in [0.2, 0.25) is 0 Å². The molecule has 0 radical (unpaired) electrons. The number of hydrogen-bond donors (Lipinski definition) is 0. The highest BCUT2D eigenvalue weighted by atomic mass is 16.5. The minimum atomic E-state index is 0.644.